The quantitative estimate of drug-likeness (QED) is 0.556. The number of anilines is 2. The lowest BCUT2D eigenvalue weighted by atomic mass is 10.3. The van der Waals surface area contributed by atoms with E-state index in [0.29, 0.717) is 21.6 Å². The van der Waals surface area contributed by atoms with E-state index in [1.807, 2.05) is 6.92 Å². The third-order valence-electron chi connectivity index (χ3n) is 2.66. The zero-order valence-electron chi connectivity index (χ0n) is 12.6. The number of rotatable bonds is 7. The number of carbonyl (C=O) groups excluding carboxylic acids is 2. The van der Waals surface area contributed by atoms with Crippen molar-refractivity contribution in [1.82, 2.24) is 10.2 Å². The number of nitrogens with zero attached hydrogens (tertiary/aromatic N) is 2. The Morgan fingerprint density at radius 1 is 1.29 bits per heavy atom. The molecule has 0 fully saturated rings. The average Bonchev–Trinajstić information content (AvgIpc) is 2.96. The molecule has 1 aromatic carbocycles. The highest BCUT2D eigenvalue weighted by atomic mass is 35.5. The zero-order chi connectivity index (χ0) is 17.5. The van der Waals surface area contributed by atoms with Crippen LogP contribution in [0.1, 0.15) is 19.8 Å². The Labute approximate surface area is 151 Å². The van der Waals surface area contributed by atoms with Crippen LogP contribution < -0.4 is 10.6 Å². The summed E-state index contributed by atoms with van der Waals surface area (Å²) in [5.74, 6) is -0.840. The average molecular weight is 389 g/mol. The molecule has 0 aliphatic carbocycles. The van der Waals surface area contributed by atoms with Crippen molar-refractivity contribution in [1.29, 1.82) is 0 Å². The number of carbonyl (C=O) groups is 2. The van der Waals surface area contributed by atoms with E-state index in [-0.39, 0.29) is 22.6 Å². The van der Waals surface area contributed by atoms with Crippen LogP contribution >= 0.6 is 34.7 Å². The number of thioether (sulfide) groups is 1. The fraction of sp³-hybridized carbons (Fsp3) is 0.286. The van der Waals surface area contributed by atoms with E-state index in [0.717, 1.165) is 6.42 Å². The maximum Gasteiger partial charge on any atom is 0.234 e. The molecule has 2 amide bonds. The molecule has 0 atom stereocenters. The van der Waals surface area contributed by atoms with Crippen molar-refractivity contribution in [3.05, 3.63) is 29.0 Å². The lowest BCUT2D eigenvalue weighted by Crippen LogP contribution is -2.13. The normalized spacial score (nSPS) is 10.5. The van der Waals surface area contributed by atoms with Gasteiger partial charge in [0.05, 0.1) is 10.8 Å². The number of hydrogen-bond donors (Lipinski definition) is 2. The molecule has 1 aromatic heterocycles. The number of benzene rings is 1. The van der Waals surface area contributed by atoms with Crippen LogP contribution in [0.5, 0.6) is 0 Å². The van der Waals surface area contributed by atoms with Gasteiger partial charge in [0.25, 0.3) is 0 Å². The van der Waals surface area contributed by atoms with Crippen LogP contribution in [0.15, 0.2) is 22.5 Å². The molecule has 0 spiro atoms. The van der Waals surface area contributed by atoms with Gasteiger partial charge in [-0.3, -0.25) is 9.59 Å². The van der Waals surface area contributed by atoms with Gasteiger partial charge >= 0.3 is 0 Å². The third-order valence-corrected chi connectivity index (χ3v) is 4.92. The molecule has 0 unspecified atom stereocenters. The fourth-order valence-corrected chi connectivity index (χ4v) is 3.37. The standard InChI is InChI=1S/C14H14ClFN4O2S2/c1-2-3-11(21)18-13-19-20-14(24-13)23-7-12(22)17-8-4-5-10(16)9(15)6-8/h4-6H,2-3,7H2,1H3,(H,17,22)(H,18,19,21). The Hall–Kier alpha value is -1.71. The van der Waals surface area contributed by atoms with Gasteiger partial charge in [0.15, 0.2) is 4.34 Å². The highest BCUT2D eigenvalue weighted by Crippen LogP contribution is 2.26. The summed E-state index contributed by atoms with van der Waals surface area (Å²) in [7, 11) is 0. The molecule has 0 saturated carbocycles. The third kappa shape index (κ3) is 5.73. The van der Waals surface area contributed by atoms with Gasteiger partial charge in [0, 0.05) is 12.1 Å². The first kappa shape index (κ1) is 18.6. The van der Waals surface area contributed by atoms with Crippen molar-refractivity contribution in [2.24, 2.45) is 0 Å². The molecular formula is C14H14ClFN4O2S2. The summed E-state index contributed by atoms with van der Waals surface area (Å²) in [6, 6.07) is 3.95. The zero-order valence-corrected chi connectivity index (χ0v) is 15.0. The number of amides is 2. The van der Waals surface area contributed by atoms with Gasteiger partial charge in [-0.05, 0) is 24.6 Å². The highest BCUT2D eigenvalue weighted by Gasteiger charge is 2.11. The fourth-order valence-electron chi connectivity index (χ4n) is 1.63. The van der Waals surface area contributed by atoms with Gasteiger partial charge in [-0.15, -0.1) is 10.2 Å². The van der Waals surface area contributed by atoms with E-state index in [4.69, 9.17) is 11.6 Å². The first-order chi connectivity index (χ1) is 11.5. The van der Waals surface area contributed by atoms with Crippen LogP contribution in [0.3, 0.4) is 0 Å². The Morgan fingerprint density at radius 3 is 2.79 bits per heavy atom. The molecule has 2 aromatic rings. The second kappa shape index (κ2) is 8.95. The maximum absolute atomic E-state index is 13.1. The molecule has 0 saturated heterocycles. The SMILES string of the molecule is CCCC(=O)Nc1nnc(SCC(=O)Nc2ccc(F)c(Cl)c2)s1. The summed E-state index contributed by atoms with van der Waals surface area (Å²) in [6.07, 6.45) is 1.17. The van der Waals surface area contributed by atoms with Crippen LogP contribution in [0.4, 0.5) is 15.2 Å². The molecule has 1 heterocycles. The van der Waals surface area contributed by atoms with Crippen molar-refractivity contribution in [2.75, 3.05) is 16.4 Å². The van der Waals surface area contributed by atoms with Gasteiger partial charge in [-0.1, -0.05) is 41.6 Å². The van der Waals surface area contributed by atoms with Crippen LogP contribution in [-0.4, -0.2) is 27.8 Å². The van der Waals surface area contributed by atoms with Crippen LogP contribution in [0.25, 0.3) is 0 Å². The summed E-state index contributed by atoms with van der Waals surface area (Å²) in [4.78, 5) is 23.3. The second-order valence-electron chi connectivity index (χ2n) is 4.64. The molecule has 24 heavy (non-hydrogen) atoms. The van der Waals surface area contributed by atoms with Crippen molar-refractivity contribution in [3.63, 3.8) is 0 Å². The van der Waals surface area contributed by atoms with Crippen LogP contribution in [0, 0.1) is 5.82 Å². The smallest absolute Gasteiger partial charge is 0.234 e. The van der Waals surface area contributed by atoms with E-state index in [9.17, 15) is 14.0 Å². The molecule has 0 radical (unpaired) electrons. The Balaban J connectivity index is 1.82. The number of aromatic nitrogens is 2. The molecule has 10 heteroatoms. The Morgan fingerprint density at radius 2 is 2.08 bits per heavy atom. The topological polar surface area (TPSA) is 84.0 Å². The minimum atomic E-state index is -0.546. The molecule has 0 bridgehead atoms. The van der Waals surface area contributed by atoms with Gasteiger partial charge in [0.2, 0.25) is 16.9 Å². The molecule has 2 rings (SSSR count). The molecule has 0 aliphatic heterocycles. The molecule has 2 N–H and O–H groups in total. The summed E-state index contributed by atoms with van der Waals surface area (Å²) < 4.78 is 13.6. The molecule has 128 valence electrons. The monoisotopic (exact) mass is 388 g/mol. The van der Waals surface area contributed by atoms with Gasteiger partial charge in [-0.25, -0.2) is 4.39 Å². The minimum Gasteiger partial charge on any atom is -0.325 e. The highest BCUT2D eigenvalue weighted by molar-refractivity contribution is 8.01. The second-order valence-corrected chi connectivity index (χ2v) is 7.24. The van der Waals surface area contributed by atoms with Gasteiger partial charge in [-0.2, -0.15) is 0 Å². The lowest BCUT2D eigenvalue weighted by Gasteiger charge is -2.04. The number of nitrogens with one attached hydrogen (secondary N) is 2. The van der Waals surface area contributed by atoms with Crippen molar-refractivity contribution >= 4 is 57.3 Å². The van der Waals surface area contributed by atoms with E-state index in [2.05, 4.69) is 20.8 Å². The summed E-state index contributed by atoms with van der Waals surface area (Å²) in [5, 5.41) is 13.3. The first-order valence-electron chi connectivity index (χ1n) is 6.99. The van der Waals surface area contributed by atoms with Crippen molar-refractivity contribution < 1.29 is 14.0 Å². The van der Waals surface area contributed by atoms with Crippen LogP contribution in [0.2, 0.25) is 5.02 Å². The predicted octanol–water partition coefficient (Wildman–Crippen LogP) is 3.80. The number of hydrogen-bond acceptors (Lipinski definition) is 6. The molecular weight excluding hydrogens is 375 g/mol. The predicted molar refractivity (Wildman–Crippen MR) is 94.2 cm³/mol. The number of halogens is 2. The molecule has 0 aliphatic rings. The van der Waals surface area contributed by atoms with Crippen molar-refractivity contribution in [2.45, 2.75) is 24.1 Å². The van der Waals surface area contributed by atoms with Gasteiger partial charge in [0.1, 0.15) is 5.82 Å². The Bertz CT molecular complexity index is 741. The Kier molecular flexibility index (Phi) is 6.95. The summed E-state index contributed by atoms with van der Waals surface area (Å²) in [6.45, 7) is 1.91. The van der Waals surface area contributed by atoms with E-state index in [1.54, 1.807) is 0 Å². The van der Waals surface area contributed by atoms with E-state index >= 15 is 0 Å². The van der Waals surface area contributed by atoms with Gasteiger partial charge < -0.3 is 10.6 Å². The van der Waals surface area contributed by atoms with Crippen LogP contribution in [-0.2, 0) is 9.59 Å². The molecule has 6 nitrogen and oxygen atoms in total. The lowest BCUT2D eigenvalue weighted by molar-refractivity contribution is -0.116. The van der Waals surface area contributed by atoms with E-state index in [1.165, 1.54) is 41.3 Å². The largest absolute Gasteiger partial charge is 0.325 e. The summed E-state index contributed by atoms with van der Waals surface area (Å²) in [5.41, 5.74) is 0.414. The summed E-state index contributed by atoms with van der Waals surface area (Å²) >= 11 is 8.04. The maximum atomic E-state index is 13.1. The minimum absolute atomic E-state index is 0.0583. The first-order valence-corrected chi connectivity index (χ1v) is 9.17. The van der Waals surface area contributed by atoms with E-state index < -0.39 is 5.82 Å². The van der Waals surface area contributed by atoms with Crippen molar-refractivity contribution in [3.8, 4) is 0 Å².